The van der Waals surface area contributed by atoms with E-state index in [0.717, 1.165) is 0 Å². The molecule has 0 amide bonds. The van der Waals surface area contributed by atoms with Crippen LogP contribution >= 0.6 is 0 Å². The Bertz CT molecular complexity index is 673. The fourth-order valence-electron chi connectivity index (χ4n) is 2.23. The fourth-order valence-corrected chi connectivity index (χ4v) is 2.23. The summed E-state index contributed by atoms with van der Waals surface area (Å²) in [5.74, 6) is -0.319. The second-order valence-electron chi connectivity index (χ2n) is 6.39. The molecule has 0 spiro atoms. The molecule has 2 aromatic rings. The van der Waals surface area contributed by atoms with E-state index in [2.05, 4.69) is 9.97 Å². The molecule has 3 rings (SSSR count). The van der Waals surface area contributed by atoms with Crippen molar-refractivity contribution < 1.29 is 13.7 Å². The Morgan fingerprint density at radius 2 is 1.59 bits per heavy atom. The summed E-state index contributed by atoms with van der Waals surface area (Å²) in [4.78, 5) is 8.62. The van der Waals surface area contributed by atoms with Crippen LogP contribution in [0.2, 0.25) is 0 Å². The van der Waals surface area contributed by atoms with Crippen molar-refractivity contribution in [3.05, 3.63) is 42.5 Å². The maximum absolute atomic E-state index is 13.8. The molecule has 0 unspecified atom stereocenters. The number of rotatable bonds is 2. The highest BCUT2D eigenvalue weighted by atomic mass is 19.1. The van der Waals surface area contributed by atoms with E-state index in [1.807, 2.05) is 27.7 Å². The summed E-state index contributed by atoms with van der Waals surface area (Å²) in [6.45, 7) is 7.92. The predicted octanol–water partition coefficient (Wildman–Crippen LogP) is 2.58. The van der Waals surface area contributed by atoms with E-state index in [4.69, 9.17) is 9.31 Å². The van der Waals surface area contributed by atoms with Crippen molar-refractivity contribution in [3.8, 4) is 11.3 Å². The zero-order valence-electron chi connectivity index (χ0n) is 13.1. The van der Waals surface area contributed by atoms with Gasteiger partial charge in [-0.3, -0.25) is 9.97 Å². The molecule has 1 aliphatic heterocycles. The fraction of sp³-hybridized carbons (Fsp3) is 0.375. The minimum absolute atomic E-state index is 0.319. The van der Waals surface area contributed by atoms with Gasteiger partial charge in [-0.25, -0.2) is 4.39 Å². The summed E-state index contributed by atoms with van der Waals surface area (Å²) in [5, 5.41) is 0. The Hall–Kier alpha value is -1.79. The summed E-state index contributed by atoms with van der Waals surface area (Å²) in [7, 11) is -0.563. The quantitative estimate of drug-likeness (QED) is 0.800. The Morgan fingerprint density at radius 3 is 2.14 bits per heavy atom. The first-order chi connectivity index (χ1) is 10.3. The Balaban J connectivity index is 1.86. The lowest BCUT2D eigenvalue weighted by Crippen LogP contribution is -2.41. The van der Waals surface area contributed by atoms with Gasteiger partial charge in [0.1, 0.15) is 5.82 Å². The summed E-state index contributed by atoms with van der Waals surface area (Å²) >= 11 is 0. The highest BCUT2D eigenvalue weighted by Gasteiger charge is 2.52. The maximum atomic E-state index is 13.8. The van der Waals surface area contributed by atoms with Gasteiger partial charge in [-0.2, -0.15) is 0 Å². The van der Waals surface area contributed by atoms with Gasteiger partial charge < -0.3 is 9.31 Å². The number of hydrogen-bond acceptors (Lipinski definition) is 4. The molecule has 0 atom stereocenters. The molecule has 114 valence electrons. The monoisotopic (exact) mass is 300 g/mol. The van der Waals surface area contributed by atoms with Gasteiger partial charge in [-0.05, 0) is 39.8 Å². The molecule has 0 aliphatic carbocycles. The Kier molecular flexibility index (Phi) is 3.53. The van der Waals surface area contributed by atoms with E-state index >= 15 is 0 Å². The first-order valence-electron chi connectivity index (χ1n) is 7.23. The van der Waals surface area contributed by atoms with Crippen LogP contribution in [0.3, 0.4) is 0 Å². The number of benzene rings is 1. The van der Waals surface area contributed by atoms with Gasteiger partial charge >= 0.3 is 7.12 Å². The van der Waals surface area contributed by atoms with E-state index in [-0.39, 0.29) is 5.82 Å². The minimum atomic E-state index is -0.563. The van der Waals surface area contributed by atoms with Gasteiger partial charge in [0.05, 0.1) is 28.7 Å². The van der Waals surface area contributed by atoms with E-state index in [1.54, 1.807) is 30.6 Å². The van der Waals surface area contributed by atoms with Crippen LogP contribution in [0.15, 0.2) is 36.7 Å². The van der Waals surface area contributed by atoms with Crippen molar-refractivity contribution >= 4 is 12.7 Å². The molecule has 0 saturated carbocycles. The first-order valence-corrected chi connectivity index (χ1v) is 7.23. The normalized spacial score (nSPS) is 19.4. The molecule has 4 nitrogen and oxygen atoms in total. The summed E-state index contributed by atoms with van der Waals surface area (Å²) in [5.41, 5.74) is 0.639. The van der Waals surface area contributed by atoms with E-state index in [0.29, 0.717) is 16.9 Å². The molecule has 1 fully saturated rings. The lowest BCUT2D eigenvalue weighted by Gasteiger charge is -2.32. The third-order valence-corrected chi connectivity index (χ3v) is 4.32. The van der Waals surface area contributed by atoms with Crippen molar-refractivity contribution in [2.45, 2.75) is 38.9 Å². The standard InChI is InChI=1S/C16H18BFN2O2/c1-15(2)16(3,4)22-17(21-15)14-10-19-13(9-20-14)11-7-5-6-8-12(11)18/h5-10H,1-4H3. The van der Waals surface area contributed by atoms with Crippen molar-refractivity contribution in [3.63, 3.8) is 0 Å². The molecule has 6 heteroatoms. The number of hydrogen-bond donors (Lipinski definition) is 0. The van der Waals surface area contributed by atoms with Gasteiger partial charge in [-0.15, -0.1) is 0 Å². The third-order valence-electron chi connectivity index (χ3n) is 4.32. The Labute approximate surface area is 129 Å². The smallest absolute Gasteiger partial charge is 0.398 e. The SMILES string of the molecule is CC1(C)OB(c2cnc(-c3ccccc3F)cn2)OC1(C)C. The largest absolute Gasteiger partial charge is 0.516 e. The van der Waals surface area contributed by atoms with E-state index in [9.17, 15) is 4.39 Å². The number of halogens is 1. The second-order valence-corrected chi connectivity index (χ2v) is 6.39. The summed E-state index contributed by atoms with van der Waals surface area (Å²) in [6, 6.07) is 6.49. The summed E-state index contributed by atoms with van der Waals surface area (Å²) in [6.07, 6.45) is 3.11. The highest BCUT2D eigenvalue weighted by Crippen LogP contribution is 2.36. The third kappa shape index (κ3) is 2.53. The zero-order chi connectivity index (χ0) is 16.0. The van der Waals surface area contributed by atoms with Gasteiger partial charge in [-0.1, -0.05) is 12.1 Å². The van der Waals surface area contributed by atoms with Crippen LogP contribution in [-0.4, -0.2) is 28.3 Å². The predicted molar refractivity (Wildman–Crippen MR) is 83.1 cm³/mol. The Morgan fingerprint density at radius 1 is 0.955 bits per heavy atom. The zero-order valence-corrected chi connectivity index (χ0v) is 13.1. The molecule has 0 bridgehead atoms. The van der Waals surface area contributed by atoms with Crippen LogP contribution in [0.1, 0.15) is 27.7 Å². The lowest BCUT2D eigenvalue weighted by molar-refractivity contribution is 0.00578. The molecule has 1 aromatic heterocycles. The van der Waals surface area contributed by atoms with Crippen molar-refractivity contribution in [2.75, 3.05) is 0 Å². The molecule has 1 aromatic carbocycles. The van der Waals surface area contributed by atoms with Crippen molar-refractivity contribution in [2.24, 2.45) is 0 Å². The number of aromatic nitrogens is 2. The number of nitrogens with zero attached hydrogens (tertiary/aromatic N) is 2. The molecule has 0 N–H and O–H groups in total. The average Bonchev–Trinajstić information content (AvgIpc) is 2.68. The highest BCUT2D eigenvalue weighted by molar-refractivity contribution is 6.61. The van der Waals surface area contributed by atoms with Crippen molar-refractivity contribution in [1.82, 2.24) is 9.97 Å². The van der Waals surface area contributed by atoms with Crippen molar-refractivity contribution in [1.29, 1.82) is 0 Å². The van der Waals surface area contributed by atoms with Crippen LogP contribution < -0.4 is 5.59 Å². The molecule has 22 heavy (non-hydrogen) atoms. The topological polar surface area (TPSA) is 44.2 Å². The van der Waals surface area contributed by atoms with E-state index < -0.39 is 18.3 Å². The maximum Gasteiger partial charge on any atom is 0.516 e. The van der Waals surface area contributed by atoms with Gasteiger partial charge in [0.15, 0.2) is 0 Å². The van der Waals surface area contributed by atoms with Gasteiger partial charge in [0.2, 0.25) is 0 Å². The second kappa shape index (κ2) is 5.14. The molecular formula is C16H18BFN2O2. The van der Waals surface area contributed by atoms with Crippen LogP contribution in [0.25, 0.3) is 11.3 Å². The van der Waals surface area contributed by atoms with Gasteiger partial charge in [0, 0.05) is 11.8 Å². The molecular weight excluding hydrogens is 282 g/mol. The molecule has 1 aliphatic rings. The van der Waals surface area contributed by atoms with Gasteiger partial charge in [0.25, 0.3) is 0 Å². The van der Waals surface area contributed by atoms with Crippen LogP contribution in [-0.2, 0) is 9.31 Å². The van der Waals surface area contributed by atoms with Crippen LogP contribution in [0.5, 0.6) is 0 Å². The molecule has 1 saturated heterocycles. The average molecular weight is 300 g/mol. The summed E-state index contributed by atoms with van der Waals surface area (Å²) < 4.78 is 25.6. The molecule has 2 heterocycles. The molecule has 0 radical (unpaired) electrons. The van der Waals surface area contributed by atoms with E-state index in [1.165, 1.54) is 6.07 Å². The minimum Gasteiger partial charge on any atom is -0.398 e. The lowest BCUT2D eigenvalue weighted by atomic mass is 9.85. The van der Waals surface area contributed by atoms with Crippen LogP contribution in [0.4, 0.5) is 4.39 Å². The van der Waals surface area contributed by atoms with Crippen LogP contribution in [0, 0.1) is 5.82 Å². The first kappa shape index (κ1) is 15.1.